The number of carbonyl (C=O) groups is 1. The van der Waals surface area contributed by atoms with Gasteiger partial charge in [0.05, 0.1) is 12.7 Å². The molecule has 0 radical (unpaired) electrons. The second kappa shape index (κ2) is 8.99. The fourth-order valence-corrected chi connectivity index (χ4v) is 2.38. The summed E-state index contributed by atoms with van der Waals surface area (Å²) in [5.41, 5.74) is 0.776. The number of nitrogens with one attached hydrogen (secondary N) is 1. The standard InChI is InChI=1S/C17H26ClNO4/c1-6-22-14-7-12(9-19-16(10(2)3)17(20)21)13(18)8-15(14)23-11(4)5/h7-8,10-11,16,19H,6,9H2,1-5H3,(H,20,21). The Bertz CT molecular complexity index is 532. The highest BCUT2D eigenvalue weighted by molar-refractivity contribution is 6.31. The van der Waals surface area contributed by atoms with Gasteiger partial charge in [0, 0.05) is 17.6 Å². The van der Waals surface area contributed by atoms with Crippen molar-refractivity contribution in [1.82, 2.24) is 5.32 Å². The van der Waals surface area contributed by atoms with Crippen LogP contribution in [0, 0.1) is 5.92 Å². The van der Waals surface area contributed by atoms with Gasteiger partial charge in [-0.3, -0.25) is 4.79 Å². The predicted molar refractivity (Wildman–Crippen MR) is 91.5 cm³/mol. The number of aliphatic carboxylic acids is 1. The number of rotatable bonds is 9. The van der Waals surface area contributed by atoms with E-state index in [-0.39, 0.29) is 12.0 Å². The zero-order valence-electron chi connectivity index (χ0n) is 14.4. The third-order valence-corrected chi connectivity index (χ3v) is 3.57. The second-order valence-electron chi connectivity index (χ2n) is 5.93. The first kappa shape index (κ1) is 19.6. The lowest BCUT2D eigenvalue weighted by Gasteiger charge is -2.20. The van der Waals surface area contributed by atoms with Gasteiger partial charge in [-0.2, -0.15) is 0 Å². The van der Waals surface area contributed by atoms with E-state index in [2.05, 4.69) is 5.32 Å². The number of hydrogen-bond donors (Lipinski definition) is 2. The first-order chi connectivity index (χ1) is 10.8. The quantitative estimate of drug-likeness (QED) is 0.715. The molecule has 5 nitrogen and oxygen atoms in total. The van der Waals surface area contributed by atoms with Crippen molar-refractivity contribution in [3.8, 4) is 11.5 Å². The van der Waals surface area contributed by atoms with Crippen LogP contribution in [0.15, 0.2) is 12.1 Å². The Morgan fingerprint density at radius 1 is 1.26 bits per heavy atom. The summed E-state index contributed by atoms with van der Waals surface area (Å²) in [6.07, 6.45) is 0.00609. The molecule has 0 spiro atoms. The summed E-state index contributed by atoms with van der Waals surface area (Å²) < 4.78 is 11.3. The van der Waals surface area contributed by atoms with Crippen LogP contribution in [-0.2, 0) is 11.3 Å². The maximum absolute atomic E-state index is 11.3. The fourth-order valence-electron chi connectivity index (χ4n) is 2.16. The molecular weight excluding hydrogens is 318 g/mol. The smallest absolute Gasteiger partial charge is 0.320 e. The van der Waals surface area contributed by atoms with Crippen LogP contribution in [0.2, 0.25) is 5.02 Å². The second-order valence-corrected chi connectivity index (χ2v) is 6.34. The fraction of sp³-hybridized carbons (Fsp3) is 0.588. The SMILES string of the molecule is CCOc1cc(CNC(C(=O)O)C(C)C)c(Cl)cc1OC(C)C. The molecule has 0 saturated carbocycles. The molecule has 2 N–H and O–H groups in total. The van der Waals surface area contributed by atoms with E-state index in [0.29, 0.717) is 29.7 Å². The van der Waals surface area contributed by atoms with Gasteiger partial charge < -0.3 is 19.9 Å². The molecule has 23 heavy (non-hydrogen) atoms. The largest absolute Gasteiger partial charge is 0.490 e. The van der Waals surface area contributed by atoms with Gasteiger partial charge in [0.15, 0.2) is 11.5 Å². The van der Waals surface area contributed by atoms with E-state index >= 15 is 0 Å². The normalized spacial score (nSPS) is 12.5. The number of hydrogen-bond acceptors (Lipinski definition) is 4. The van der Waals surface area contributed by atoms with Gasteiger partial charge in [0.1, 0.15) is 6.04 Å². The summed E-state index contributed by atoms with van der Waals surface area (Å²) in [5, 5.41) is 12.8. The minimum absolute atomic E-state index is 0.00609. The minimum Gasteiger partial charge on any atom is -0.490 e. The van der Waals surface area contributed by atoms with Crippen molar-refractivity contribution in [1.29, 1.82) is 0 Å². The van der Waals surface area contributed by atoms with Crippen LogP contribution in [0.1, 0.15) is 40.2 Å². The van der Waals surface area contributed by atoms with Crippen LogP contribution in [0.5, 0.6) is 11.5 Å². The Hall–Kier alpha value is -1.46. The summed E-state index contributed by atoms with van der Waals surface area (Å²) in [7, 11) is 0. The Kier molecular flexibility index (Phi) is 7.65. The van der Waals surface area contributed by atoms with E-state index in [4.69, 9.17) is 21.1 Å². The topological polar surface area (TPSA) is 67.8 Å². The van der Waals surface area contributed by atoms with Gasteiger partial charge in [-0.25, -0.2) is 0 Å². The van der Waals surface area contributed by atoms with E-state index < -0.39 is 12.0 Å². The molecule has 0 saturated heterocycles. The van der Waals surface area contributed by atoms with Gasteiger partial charge in [0.25, 0.3) is 0 Å². The number of carboxylic acids is 1. The molecule has 0 heterocycles. The van der Waals surface area contributed by atoms with E-state index in [1.807, 2.05) is 34.6 Å². The van der Waals surface area contributed by atoms with Gasteiger partial charge in [-0.05, 0) is 38.3 Å². The molecule has 0 aliphatic rings. The first-order valence-corrected chi connectivity index (χ1v) is 8.22. The summed E-state index contributed by atoms with van der Waals surface area (Å²) in [6, 6.07) is 2.89. The summed E-state index contributed by atoms with van der Waals surface area (Å²) in [5.74, 6) is 0.301. The van der Waals surface area contributed by atoms with Gasteiger partial charge in [-0.15, -0.1) is 0 Å². The number of ether oxygens (including phenoxy) is 2. The molecular formula is C17H26ClNO4. The van der Waals surface area contributed by atoms with Gasteiger partial charge in [0.2, 0.25) is 0 Å². The van der Waals surface area contributed by atoms with Crippen LogP contribution in [-0.4, -0.2) is 29.8 Å². The molecule has 0 amide bonds. The average molecular weight is 344 g/mol. The molecule has 1 rings (SSSR count). The molecule has 1 unspecified atom stereocenters. The Balaban J connectivity index is 2.98. The molecule has 0 aromatic heterocycles. The van der Waals surface area contributed by atoms with Crippen LogP contribution in [0.25, 0.3) is 0 Å². The van der Waals surface area contributed by atoms with Crippen molar-refractivity contribution in [3.05, 3.63) is 22.7 Å². The molecule has 130 valence electrons. The Morgan fingerprint density at radius 3 is 2.39 bits per heavy atom. The molecule has 1 aromatic rings. The zero-order chi connectivity index (χ0) is 17.6. The molecule has 1 aromatic carbocycles. The zero-order valence-corrected chi connectivity index (χ0v) is 15.1. The third-order valence-electron chi connectivity index (χ3n) is 3.22. The molecule has 0 fully saturated rings. The predicted octanol–water partition coefficient (Wildman–Crippen LogP) is 3.72. The van der Waals surface area contributed by atoms with Crippen LogP contribution >= 0.6 is 11.6 Å². The third kappa shape index (κ3) is 5.92. The highest BCUT2D eigenvalue weighted by atomic mass is 35.5. The van der Waals surface area contributed by atoms with Crippen molar-refractivity contribution < 1.29 is 19.4 Å². The van der Waals surface area contributed by atoms with Gasteiger partial charge >= 0.3 is 5.97 Å². The highest BCUT2D eigenvalue weighted by Crippen LogP contribution is 2.34. The lowest BCUT2D eigenvalue weighted by atomic mass is 10.0. The van der Waals surface area contributed by atoms with E-state index in [0.717, 1.165) is 5.56 Å². The van der Waals surface area contributed by atoms with E-state index in [9.17, 15) is 9.90 Å². The van der Waals surface area contributed by atoms with Crippen LogP contribution < -0.4 is 14.8 Å². The molecule has 1 atom stereocenters. The van der Waals surface area contributed by atoms with Crippen molar-refractivity contribution >= 4 is 17.6 Å². The lowest BCUT2D eigenvalue weighted by Crippen LogP contribution is -2.40. The molecule has 6 heteroatoms. The van der Waals surface area contributed by atoms with Crippen molar-refractivity contribution in [2.24, 2.45) is 5.92 Å². The molecule has 0 bridgehead atoms. The van der Waals surface area contributed by atoms with Crippen molar-refractivity contribution in [3.63, 3.8) is 0 Å². The summed E-state index contributed by atoms with van der Waals surface area (Å²) in [4.78, 5) is 11.3. The van der Waals surface area contributed by atoms with Crippen molar-refractivity contribution in [2.75, 3.05) is 6.61 Å². The van der Waals surface area contributed by atoms with Crippen LogP contribution in [0.4, 0.5) is 0 Å². The Labute approximate surface area is 142 Å². The monoisotopic (exact) mass is 343 g/mol. The van der Waals surface area contributed by atoms with Crippen LogP contribution in [0.3, 0.4) is 0 Å². The van der Waals surface area contributed by atoms with Crippen molar-refractivity contribution in [2.45, 2.75) is 53.3 Å². The summed E-state index contributed by atoms with van der Waals surface area (Å²) in [6.45, 7) is 10.3. The first-order valence-electron chi connectivity index (χ1n) is 7.84. The average Bonchev–Trinajstić information content (AvgIpc) is 2.42. The maximum atomic E-state index is 11.3. The maximum Gasteiger partial charge on any atom is 0.320 e. The Morgan fingerprint density at radius 2 is 1.91 bits per heavy atom. The number of halogens is 1. The lowest BCUT2D eigenvalue weighted by molar-refractivity contribution is -0.140. The van der Waals surface area contributed by atoms with E-state index in [1.54, 1.807) is 12.1 Å². The minimum atomic E-state index is -0.874. The molecule has 0 aliphatic carbocycles. The number of carboxylic acid groups (broad SMARTS) is 1. The summed E-state index contributed by atoms with van der Waals surface area (Å²) >= 11 is 6.30. The number of benzene rings is 1. The van der Waals surface area contributed by atoms with Gasteiger partial charge in [-0.1, -0.05) is 25.4 Å². The van der Waals surface area contributed by atoms with E-state index in [1.165, 1.54) is 0 Å². The molecule has 0 aliphatic heterocycles. The highest BCUT2D eigenvalue weighted by Gasteiger charge is 2.21.